The third-order valence-corrected chi connectivity index (χ3v) is 3.84. The van der Waals surface area contributed by atoms with Crippen LogP contribution < -0.4 is 10.1 Å². The van der Waals surface area contributed by atoms with Gasteiger partial charge in [-0.25, -0.2) is 0 Å². The number of rotatable bonds is 10. The Kier molecular flexibility index (Phi) is 7.76. The van der Waals surface area contributed by atoms with Crippen LogP contribution in [0.2, 0.25) is 0 Å². The van der Waals surface area contributed by atoms with Crippen LogP contribution in [0.25, 0.3) is 0 Å². The molecule has 1 aromatic rings. The van der Waals surface area contributed by atoms with Crippen molar-refractivity contribution in [3.63, 3.8) is 0 Å². The zero-order valence-electron chi connectivity index (χ0n) is 14.0. The quantitative estimate of drug-likeness (QED) is 0.693. The molecule has 0 aliphatic carbocycles. The smallest absolute Gasteiger partial charge is 0.119 e. The fourth-order valence-electron chi connectivity index (χ4n) is 1.97. The third kappa shape index (κ3) is 7.49. The summed E-state index contributed by atoms with van der Waals surface area (Å²) < 4.78 is 5.63. The SMILES string of the molecule is CCCNC(C)CCc1ccc(OCC(C)(O)CC)cc1. The van der Waals surface area contributed by atoms with E-state index in [9.17, 15) is 5.11 Å². The lowest BCUT2D eigenvalue weighted by Gasteiger charge is -2.21. The number of nitrogens with one attached hydrogen (secondary N) is 1. The van der Waals surface area contributed by atoms with E-state index in [-0.39, 0.29) is 0 Å². The number of hydrogen-bond donors (Lipinski definition) is 2. The largest absolute Gasteiger partial charge is 0.491 e. The summed E-state index contributed by atoms with van der Waals surface area (Å²) in [5.41, 5.74) is 0.578. The summed E-state index contributed by atoms with van der Waals surface area (Å²) in [5.74, 6) is 0.824. The first-order chi connectivity index (χ1) is 9.96. The molecule has 120 valence electrons. The minimum Gasteiger partial charge on any atom is -0.491 e. The Morgan fingerprint density at radius 3 is 2.48 bits per heavy atom. The first-order valence-corrected chi connectivity index (χ1v) is 8.14. The minimum absolute atomic E-state index is 0.334. The molecule has 0 aromatic heterocycles. The molecule has 2 atom stereocenters. The lowest BCUT2D eigenvalue weighted by Crippen LogP contribution is -2.31. The molecule has 2 N–H and O–H groups in total. The van der Waals surface area contributed by atoms with Crippen molar-refractivity contribution >= 4 is 0 Å². The molecule has 0 radical (unpaired) electrons. The molecular weight excluding hydrogens is 262 g/mol. The summed E-state index contributed by atoms with van der Waals surface area (Å²) in [5, 5.41) is 13.4. The molecule has 0 bridgehead atoms. The van der Waals surface area contributed by atoms with Crippen LogP contribution in [0.1, 0.15) is 52.5 Å². The topological polar surface area (TPSA) is 41.5 Å². The van der Waals surface area contributed by atoms with E-state index in [4.69, 9.17) is 4.74 Å². The Bertz CT molecular complexity index is 387. The van der Waals surface area contributed by atoms with Crippen molar-refractivity contribution in [3.05, 3.63) is 29.8 Å². The molecule has 0 heterocycles. The fourth-order valence-corrected chi connectivity index (χ4v) is 1.97. The molecule has 21 heavy (non-hydrogen) atoms. The highest BCUT2D eigenvalue weighted by Crippen LogP contribution is 2.17. The Labute approximate surface area is 129 Å². The molecule has 0 aliphatic rings. The highest BCUT2D eigenvalue weighted by atomic mass is 16.5. The molecular formula is C18H31NO2. The highest BCUT2D eigenvalue weighted by Gasteiger charge is 2.18. The van der Waals surface area contributed by atoms with Crippen LogP contribution in [-0.2, 0) is 6.42 Å². The fraction of sp³-hybridized carbons (Fsp3) is 0.667. The summed E-state index contributed by atoms with van der Waals surface area (Å²) in [6, 6.07) is 8.77. The van der Waals surface area contributed by atoms with E-state index < -0.39 is 5.60 Å². The van der Waals surface area contributed by atoms with E-state index >= 15 is 0 Å². The highest BCUT2D eigenvalue weighted by molar-refractivity contribution is 5.27. The van der Waals surface area contributed by atoms with Gasteiger partial charge in [0, 0.05) is 6.04 Å². The molecule has 1 aromatic carbocycles. The lowest BCUT2D eigenvalue weighted by atomic mass is 10.1. The Morgan fingerprint density at radius 1 is 1.24 bits per heavy atom. The van der Waals surface area contributed by atoms with Crippen molar-refractivity contribution in [2.45, 2.75) is 65.0 Å². The summed E-state index contributed by atoms with van der Waals surface area (Å²) in [6.07, 6.45) is 4.08. The standard InChI is InChI=1S/C18H31NO2/c1-5-13-19-15(3)7-8-16-9-11-17(12-10-16)21-14-18(4,20)6-2/h9-12,15,19-20H,5-8,13-14H2,1-4H3. The Morgan fingerprint density at radius 2 is 1.90 bits per heavy atom. The summed E-state index contributed by atoms with van der Waals surface area (Å²) in [4.78, 5) is 0. The normalized spacial score (nSPS) is 15.5. The molecule has 0 fully saturated rings. The predicted octanol–water partition coefficient (Wildman–Crippen LogP) is 3.55. The van der Waals surface area contributed by atoms with E-state index in [1.165, 1.54) is 12.0 Å². The van der Waals surface area contributed by atoms with Gasteiger partial charge in [0.15, 0.2) is 0 Å². The van der Waals surface area contributed by atoms with Gasteiger partial charge in [0.05, 0.1) is 5.60 Å². The third-order valence-electron chi connectivity index (χ3n) is 3.84. The van der Waals surface area contributed by atoms with E-state index in [1.54, 1.807) is 6.92 Å². The van der Waals surface area contributed by atoms with E-state index in [0.717, 1.165) is 25.1 Å². The van der Waals surface area contributed by atoms with Crippen molar-refractivity contribution in [3.8, 4) is 5.75 Å². The van der Waals surface area contributed by atoms with E-state index in [0.29, 0.717) is 19.1 Å². The van der Waals surface area contributed by atoms with Gasteiger partial charge in [-0.3, -0.25) is 0 Å². The maximum Gasteiger partial charge on any atom is 0.119 e. The maximum atomic E-state index is 9.92. The Hall–Kier alpha value is -1.06. The van der Waals surface area contributed by atoms with Crippen LogP contribution in [0.3, 0.4) is 0 Å². The summed E-state index contributed by atoms with van der Waals surface area (Å²) in [7, 11) is 0. The molecule has 0 spiro atoms. The van der Waals surface area contributed by atoms with Crippen LogP contribution >= 0.6 is 0 Å². The Balaban J connectivity index is 2.36. The second-order valence-electron chi connectivity index (χ2n) is 6.18. The zero-order chi connectivity index (χ0) is 15.7. The first-order valence-electron chi connectivity index (χ1n) is 8.14. The van der Waals surface area contributed by atoms with Crippen LogP contribution in [-0.4, -0.2) is 29.9 Å². The second kappa shape index (κ2) is 9.06. The molecule has 1 rings (SSSR count). The number of aryl methyl sites for hydroxylation is 1. The van der Waals surface area contributed by atoms with Crippen LogP contribution in [0.4, 0.5) is 0 Å². The van der Waals surface area contributed by atoms with Gasteiger partial charge >= 0.3 is 0 Å². The van der Waals surface area contributed by atoms with Crippen molar-refractivity contribution in [2.75, 3.05) is 13.2 Å². The number of ether oxygens (including phenoxy) is 1. The molecule has 0 aliphatic heterocycles. The average Bonchev–Trinajstić information content (AvgIpc) is 2.50. The minimum atomic E-state index is -0.751. The number of hydrogen-bond acceptors (Lipinski definition) is 3. The van der Waals surface area contributed by atoms with Crippen LogP contribution in [0.5, 0.6) is 5.75 Å². The molecule has 0 saturated carbocycles. The van der Waals surface area contributed by atoms with Gasteiger partial charge in [0.1, 0.15) is 12.4 Å². The van der Waals surface area contributed by atoms with Gasteiger partial charge in [-0.2, -0.15) is 0 Å². The average molecular weight is 293 g/mol. The van der Waals surface area contributed by atoms with Crippen molar-refractivity contribution in [2.24, 2.45) is 0 Å². The zero-order valence-corrected chi connectivity index (χ0v) is 14.0. The number of aliphatic hydroxyl groups is 1. The van der Waals surface area contributed by atoms with Crippen LogP contribution in [0, 0.1) is 0 Å². The van der Waals surface area contributed by atoms with Crippen LogP contribution in [0.15, 0.2) is 24.3 Å². The van der Waals surface area contributed by atoms with Gasteiger partial charge in [0.25, 0.3) is 0 Å². The second-order valence-corrected chi connectivity index (χ2v) is 6.18. The lowest BCUT2D eigenvalue weighted by molar-refractivity contribution is 0.00846. The van der Waals surface area contributed by atoms with Crippen molar-refractivity contribution < 1.29 is 9.84 Å². The maximum absolute atomic E-state index is 9.92. The first kappa shape index (κ1) is 18.0. The molecule has 0 saturated heterocycles. The van der Waals surface area contributed by atoms with Crippen molar-refractivity contribution in [1.29, 1.82) is 0 Å². The van der Waals surface area contributed by atoms with Gasteiger partial charge < -0.3 is 15.2 Å². The van der Waals surface area contributed by atoms with Gasteiger partial charge in [-0.1, -0.05) is 26.0 Å². The molecule has 0 amide bonds. The molecule has 3 nitrogen and oxygen atoms in total. The van der Waals surface area contributed by atoms with Gasteiger partial charge in [-0.15, -0.1) is 0 Å². The number of benzene rings is 1. The van der Waals surface area contributed by atoms with E-state index in [1.807, 2.05) is 19.1 Å². The van der Waals surface area contributed by atoms with Gasteiger partial charge in [0.2, 0.25) is 0 Å². The molecule has 2 unspecified atom stereocenters. The summed E-state index contributed by atoms with van der Waals surface area (Å²) >= 11 is 0. The summed E-state index contributed by atoms with van der Waals surface area (Å²) in [6.45, 7) is 9.60. The molecule has 3 heteroatoms. The monoisotopic (exact) mass is 293 g/mol. The predicted molar refractivity (Wildman–Crippen MR) is 88.9 cm³/mol. The van der Waals surface area contributed by atoms with Gasteiger partial charge in [-0.05, 0) is 63.8 Å². The van der Waals surface area contributed by atoms with E-state index in [2.05, 4.69) is 31.3 Å². The van der Waals surface area contributed by atoms with Crippen molar-refractivity contribution in [1.82, 2.24) is 5.32 Å².